The Morgan fingerprint density at radius 1 is 1.32 bits per heavy atom. The number of likely N-dealkylation sites (N-methyl/N-ethyl adjacent to an activating group) is 1. The van der Waals surface area contributed by atoms with Crippen LogP contribution in [0.4, 0.5) is 0 Å². The van der Waals surface area contributed by atoms with E-state index in [1.807, 2.05) is 0 Å². The van der Waals surface area contributed by atoms with Crippen molar-refractivity contribution in [1.29, 1.82) is 0 Å². The van der Waals surface area contributed by atoms with Crippen LogP contribution in [0.5, 0.6) is 0 Å². The van der Waals surface area contributed by atoms with Gasteiger partial charge in [-0.15, -0.1) is 17.9 Å². The molecule has 2 heterocycles. The van der Waals surface area contributed by atoms with Crippen LogP contribution in [0.3, 0.4) is 0 Å². The van der Waals surface area contributed by atoms with Crippen molar-refractivity contribution in [3.8, 4) is 0 Å². The third-order valence-electron chi connectivity index (χ3n) is 5.37. The zero-order chi connectivity index (χ0) is 20.1. The van der Waals surface area contributed by atoms with Gasteiger partial charge < -0.3 is 10.0 Å². The van der Waals surface area contributed by atoms with Gasteiger partial charge in [-0.25, -0.2) is 4.98 Å². The summed E-state index contributed by atoms with van der Waals surface area (Å²) in [5.74, 6) is 0.524. The quantitative estimate of drug-likeness (QED) is 0.289. The lowest BCUT2D eigenvalue weighted by Gasteiger charge is -2.21. The molecule has 0 aromatic carbocycles. The number of fused-ring (bicyclic) bond motifs is 3. The highest BCUT2D eigenvalue weighted by Crippen LogP contribution is 2.34. The number of rotatable bonds is 9. The molecule has 154 valence electrons. The first-order valence-electron chi connectivity index (χ1n) is 10.3. The second-order valence-electron chi connectivity index (χ2n) is 7.29. The first kappa shape index (κ1) is 21.6. The van der Waals surface area contributed by atoms with Gasteiger partial charge in [-0.2, -0.15) is 0 Å². The van der Waals surface area contributed by atoms with Gasteiger partial charge in [0.2, 0.25) is 0 Å². The number of allylic oxidation sites excluding steroid dienone is 1. The van der Waals surface area contributed by atoms with E-state index in [9.17, 15) is 9.90 Å². The van der Waals surface area contributed by atoms with Crippen LogP contribution in [-0.2, 0) is 19.4 Å². The molecular formula is C21H31N3O2S2. The summed E-state index contributed by atoms with van der Waals surface area (Å²) in [5.41, 5.74) is 1.27. The van der Waals surface area contributed by atoms with Crippen molar-refractivity contribution >= 4 is 33.3 Å². The maximum atomic E-state index is 13.3. The predicted molar refractivity (Wildman–Crippen MR) is 120 cm³/mol. The molecule has 28 heavy (non-hydrogen) atoms. The van der Waals surface area contributed by atoms with Crippen LogP contribution in [0.1, 0.15) is 43.6 Å². The Bertz CT molecular complexity index is 871. The van der Waals surface area contributed by atoms with Gasteiger partial charge in [0.25, 0.3) is 5.56 Å². The number of aliphatic hydroxyl groups is 1. The van der Waals surface area contributed by atoms with E-state index < -0.39 is 6.10 Å². The van der Waals surface area contributed by atoms with Crippen molar-refractivity contribution in [3.63, 3.8) is 0 Å². The molecule has 3 rings (SSSR count). The van der Waals surface area contributed by atoms with E-state index in [0.29, 0.717) is 24.0 Å². The fourth-order valence-corrected chi connectivity index (χ4v) is 6.03. The van der Waals surface area contributed by atoms with E-state index in [1.54, 1.807) is 22.0 Å². The number of nitrogens with zero attached hydrogens (tertiary/aromatic N) is 3. The second-order valence-corrected chi connectivity index (χ2v) is 9.36. The maximum Gasteiger partial charge on any atom is 0.263 e. The van der Waals surface area contributed by atoms with E-state index in [1.165, 1.54) is 35.0 Å². The highest BCUT2D eigenvalue weighted by Gasteiger charge is 2.21. The van der Waals surface area contributed by atoms with Crippen LogP contribution in [0, 0.1) is 0 Å². The lowest BCUT2D eigenvalue weighted by molar-refractivity contribution is 0.136. The lowest BCUT2D eigenvalue weighted by Crippen LogP contribution is -2.33. The normalized spacial score (nSPS) is 15.6. The van der Waals surface area contributed by atoms with Gasteiger partial charge in [-0.05, 0) is 44.3 Å². The standard InChI is InChI=1S/C21H31N3O2S2/c1-4-12-24-20(26)18-16-10-8-7-9-11-17(16)28-19(18)22-21(24)27-14-15(25)13-23(5-2)6-3/h4,15,25H,1,5-14H2,2-3H3/t15-/m0/s1. The number of thioether (sulfide) groups is 1. The fourth-order valence-electron chi connectivity index (χ4n) is 3.80. The molecule has 0 bridgehead atoms. The molecule has 7 heteroatoms. The van der Waals surface area contributed by atoms with Crippen molar-refractivity contribution in [3.05, 3.63) is 33.4 Å². The molecule has 0 unspecified atom stereocenters. The molecule has 0 aliphatic heterocycles. The van der Waals surface area contributed by atoms with Gasteiger partial charge in [0.1, 0.15) is 4.83 Å². The van der Waals surface area contributed by atoms with E-state index in [2.05, 4.69) is 25.3 Å². The largest absolute Gasteiger partial charge is 0.391 e. The fraction of sp³-hybridized carbons (Fsp3) is 0.619. The van der Waals surface area contributed by atoms with Gasteiger partial charge >= 0.3 is 0 Å². The SMILES string of the molecule is C=CCn1c(SC[C@@H](O)CN(CC)CC)nc2sc3c(c2c1=O)CCCCC3. The summed E-state index contributed by atoms with van der Waals surface area (Å²) >= 11 is 3.16. The van der Waals surface area contributed by atoms with E-state index in [0.717, 1.165) is 42.6 Å². The Kier molecular flexibility index (Phi) is 7.74. The zero-order valence-electron chi connectivity index (χ0n) is 16.9. The van der Waals surface area contributed by atoms with Crippen LogP contribution < -0.4 is 5.56 Å². The van der Waals surface area contributed by atoms with Crippen LogP contribution in [-0.4, -0.2) is 51.0 Å². The molecule has 1 aliphatic carbocycles. The lowest BCUT2D eigenvalue weighted by atomic mass is 10.1. The molecule has 0 fully saturated rings. The number of aromatic nitrogens is 2. The Labute approximate surface area is 175 Å². The molecule has 2 aromatic rings. The summed E-state index contributed by atoms with van der Waals surface area (Å²) < 4.78 is 1.72. The molecule has 0 saturated heterocycles. The molecule has 2 aromatic heterocycles. The van der Waals surface area contributed by atoms with Crippen LogP contribution in [0.2, 0.25) is 0 Å². The summed E-state index contributed by atoms with van der Waals surface area (Å²) in [4.78, 5) is 22.6. The van der Waals surface area contributed by atoms with Crippen LogP contribution in [0.15, 0.2) is 22.6 Å². The summed E-state index contributed by atoms with van der Waals surface area (Å²) in [6, 6.07) is 0. The number of hydrogen-bond donors (Lipinski definition) is 1. The molecule has 1 N–H and O–H groups in total. The van der Waals surface area contributed by atoms with Gasteiger partial charge in [-0.3, -0.25) is 9.36 Å². The smallest absolute Gasteiger partial charge is 0.263 e. The monoisotopic (exact) mass is 421 g/mol. The first-order valence-corrected chi connectivity index (χ1v) is 12.1. The van der Waals surface area contributed by atoms with E-state index in [4.69, 9.17) is 4.98 Å². The number of aliphatic hydroxyl groups excluding tert-OH is 1. The maximum absolute atomic E-state index is 13.3. The molecular weight excluding hydrogens is 390 g/mol. The van der Waals surface area contributed by atoms with Gasteiger partial charge in [0, 0.05) is 23.7 Å². The summed E-state index contributed by atoms with van der Waals surface area (Å²) in [6.07, 6.45) is 6.91. The molecule has 1 atom stereocenters. The van der Waals surface area contributed by atoms with Crippen LogP contribution in [0.25, 0.3) is 10.2 Å². The van der Waals surface area contributed by atoms with E-state index in [-0.39, 0.29) is 5.56 Å². The van der Waals surface area contributed by atoms with Gasteiger partial charge in [0.15, 0.2) is 5.16 Å². The number of thiophene rings is 1. The third-order valence-corrected chi connectivity index (χ3v) is 7.68. The molecule has 1 aliphatic rings. The topological polar surface area (TPSA) is 58.4 Å². The average molecular weight is 422 g/mol. The molecule has 5 nitrogen and oxygen atoms in total. The molecule has 0 spiro atoms. The first-order chi connectivity index (χ1) is 13.6. The molecule has 0 amide bonds. The Hall–Kier alpha value is -1.15. The minimum Gasteiger partial charge on any atom is -0.391 e. The second kappa shape index (κ2) is 10.1. The van der Waals surface area contributed by atoms with Crippen molar-refractivity contribution < 1.29 is 5.11 Å². The predicted octanol–water partition coefficient (Wildman–Crippen LogP) is 3.71. The Balaban J connectivity index is 1.90. The zero-order valence-corrected chi connectivity index (χ0v) is 18.6. The van der Waals surface area contributed by atoms with Crippen molar-refractivity contribution in [1.82, 2.24) is 14.5 Å². The minimum absolute atomic E-state index is 0.0463. The van der Waals surface area contributed by atoms with Crippen LogP contribution >= 0.6 is 23.1 Å². The van der Waals surface area contributed by atoms with Crippen molar-refractivity contribution in [2.75, 3.05) is 25.4 Å². The molecule has 0 radical (unpaired) electrons. The van der Waals surface area contributed by atoms with Crippen molar-refractivity contribution in [2.45, 2.75) is 63.8 Å². The summed E-state index contributed by atoms with van der Waals surface area (Å²) in [5, 5.41) is 11.9. The highest BCUT2D eigenvalue weighted by atomic mass is 32.2. The highest BCUT2D eigenvalue weighted by molar-refractivity contribution is 7.99. The van der Waals surface area contributed by atoms with Gasteiger partial charge in [0.05, 0.1) is 11.5 Å². The average Bonchev–Trinajstić information content (AvgIpc) is 2.88. The third kappa shape index (κ3) is 4.70. The number of aryl methyl sites for hydroxylation is 2. The minimum atomic E-state index is -0.449. The van der Waals surface area contributed by atoms with Gasteiger partial charge in [-0.1, -0.05) is 38.1 Å². The Morgan fingerprint density at radius 3 is 2.79 bits per heavy atom. The summed E-state index contributed by atoms with van der Waals surface area (Å²) in [6.45, 7) is 10.9. The molecule has 0 saturated carbocycles. The van der Waals surface area contributed by atoms with Crippen molar-refractivity contribution in [2.24, 2.45) is 0 Å². The van der Waals surface area contributed by atoms with E-state index >= 15 is 0 Å². The summed E-state index contributed by atoms with van der Waals surface area (Å²) in [7, 11) is 0. The number of hydrogen-bond acceptors (Lipinski definition) is 6. The Morgan fingerprint density at radius 2 is 2.07 bits per heavy atom.